The lowest BCUT2D eigenvalue weighted by molar-refractivity contribution is 0.214. The molecule has 0 aliphatic carbocycles. The number of nitrogens with zero attached hydrogens (tertiary/aromatic N) is 1. The molecule has 1 saturated heterocycles. The third-order valence-corrected chi connectivity index (χ3v) is 5.16. The summed E-state index contributed by atoms with van der Waals surface area (Å²) < 4.78 is 6.11. The number of ether oxygens (including phenoxy) is 1. The first-order valence-electron chi connectivity index (χ1n) is 7.41. The summed E-state index contributed by atoms with van der Waals surface area (Å²) in [4.78, 5) is 2.45. The van der Waals surface area contributed by atoms with Crippen molar-refractivity contribution in [2.24, 2.45) is 0 Å². The Morgan fingerprint density at radius 2 is 1.95 bits per heavy atom. The molecule has 4 nitrogen and oxygen atoms in total. The third kappa shape index (κ3) is 5.55. The van der Waals surface area contributed by atoms with Gasteiger partial charge in [0, 0.05) is 23.6 Å². The van der Waals surface area contributed by atoms with Gasteiger partial charge in [0.25, 0.3) is 0 Å². The second-order valence-electron chi connectivity index (χ2n) is 5.99. The highest BCUT2D eigenvalue weighted by Gasteiger charge is 2.23. The minimum Gasteiger partial charge on any atom is -0.492 e. The van der Waals surface area contributed by atoms with Crippen LogP contribution in [0.2, 0.25) is 0 Å². The fraction of sp³-hybridized carbons (Fsp3) is 0.600. The molecule has 1 aromatic rings. The van der Waals surface area contributed by atoms with E-state index in [1.54, 1.807) is 24.3 Å². The van der Waals surface area contributed by atoms with Gasteiger partial charge in [-0.3, -0.25) is 4.90 Å². The van der Waals surface area contributed by atoms with Gasteiger partial charge in [0.2, 0.25) is 0 Å². The minimum atomic E-state index is -1.42. The lowest BCUT2D eigenvalue weighted by atomic mass is 9.80. The molecule has 116 valence electrons. The van der Waals surface area contributed by atoms with E-state index in [2.05, 4.69) is 18.7 Å². The van der Waals surface area contributed by atoms with Crippen LogP contribution in [0.15, 0.2) is 24.3 Å². The first-order valence-corrected chi connectivity index (χ1v) is 8.40. The van der Waals surface area contributed by atoms with Crippen LogP contribution in [0, 0.1) is 0 Å². The Morgan fingerprint density at radius 1 is 1.24 bits per heavy atom. The first-order chi connectivity index (χ1) is 9.96. The van der Waals surface area contributed by atoms with Crippen LogP contribution in [0.3, 0.4) is 0 Å². The predicted octanol–water partition coefficient (Wildman–Crippen LogP) is 0.963. The van der Waals surface area contributed by atoms with Crippen molar-refractivity contribution in [1.82, 2.24) is 4.90 Å². The highest BCUT2D eigenvalue weighted by atomic mass is 32.2. The van der Waals surface area contributed by atoms with Crippen molar-refractivity contribution < 1.29 is 14.8 Å². The van der Waals surface area contributed by atoms with Crippen LogP contribution >= 0.6 is 11.8 Å². The van der Waals surface area contributed by atoms with Crippen LogP contribution in [-0.2, 0) is 0 Å². The van der Waals surface area contributed by atoms with Crippen LogP contribution in [0.25, 0.3) is 0 Å². The normalized spacial score (nSPS) is 19.0. The van der Waals surface area contributed by atoms with Crippen molar-refractivity contribution in [2.45, 2.75) is 25.0 Å². The summed E-state index contributed by atoms with van der Waals surface area (Å²) in [6, 6.07) is 6.89. The summed E-state index contributed by atoms with van der Waals surface area (Å²) >= 11 is 2.05. The van der Waals surface area contributed by atoms with Crippen molar-refractivity contribution in [1.29, 1.82) is 0 Å². The van der Waals surface area contributed by atoms with E-state index in [-0.39, 0.29) is 0 Å². The molecular formula is C15H24BNO3S. The van der Waals surface area contributed by atoms with Crippen LogP contribution in [0.1, 0.15) is 20.3 Å². The van der Waals surface area contributed by atoms with Gasteiger partial charge in [0.05, 0.1) is 0 Å². The Morgan fingerprint density at radius 3 is 2.62 bits per heavy atom. The van der Waals surface area contributed by atoms with Crippen LogP contribution < -0.4 is 10.2 Å². The molecule has 1 aliphatic rings. The van der Waals surface area contributed by atoms with Crippen molar-refractivity contribution >= 4 is 24.3 Å². The smallest absolute Gasteiger partial charge is 0.488 e. The number of hydrogen-bond donors (Lipinski definition) is 2. The summed E-state index contributed by atoms with van der Waals surface area (Å²) in [5, 5.41) is 18.1. The van der Waals surface area contributed by atoms with E-state index >= 15 is 0 Å². The molecule has 1 aromatic carbocycles. The van der Waals surface area contributed by atoms with E-state index in [0.717, 1.165) is 25.4 Å². The number of rotatable bonds is 5. The largest absolute Gasteiger partial charge is 0.492 e. The highest BCUT2D eigenvalue weighted by Crippen LogP contribution is 2.30. The second kappa shape index (κ2) is 7.54. The monoisotopic (exact) mass is 309 g/mol. The third-order valence-electron chi connectivity index (χ3n) is 3.78. The van der Waals surface area contributed by atoms with Gasteiger partial charge in [-0.25, -0.2) is 0 Å². The molecule has 1 heterocycles. The van der Waals surface area contributed by atoms with Crippen LogP contribution in [-0.4, -0.2) is 58.8 Å². The molecule has 0 spiro atoms. The topological polar surface area (TPSA) is 52.9 Å². The Hall–Kier alpha value is -0.685. The van der Waals surface area contributed by atoms with Gasteiger partial charge in [0.15, 0.2) is 0 Å². The zero-order valence-corrected chi connectivity index (χ0v) is 13.6. The van der Waals surface area contributed by atoms with Gasteiger partial charge >= 0.3 is 7.12 Å². The van der Waals surface area contributed by atoms with Gasteiger partial charge in [0.1, 0.15) is 12.4 Å². The fourth-order valence-corrected chi connectivity index (χ4v) is 3.45. The zero-order chi connectivity index (χ0) is 15.3. The van der Waals surface area contributed by atoms with Crippen molar-refractivity contribution in [3.63, 3.8) is 0 Å². The van der Waals surface area contributed by atoms with E-state index in [9.17, 15) is 0 Å². The highest BCUT2D eigenvalue weighted by molar-refractivity contribution is 8.00. The molecule has 1 fully saturated rings. The molecule has 21 heavy (non-hydrogen) atoms. The number of benzene rings is 1. The Kier molecular flexibility index (Phi) is 5.99. The Bertz CT molecular complexity index is 439. The fourth-order valence-electron chi connectivity index (χ4n) is 2.31. The van der Waals surface area contributed by atoms with Gasteiger partial charge in [-0.15, -0.1) is 0 Å². The first kappa shape index (κ1) is 16.7. The maximum absolute atomic E-state index is 9.04. The molecule has 0 radical (unpaired) electrons. The summed E-state index contributed by atoms with van der Waals surface area (Å²) in [5.41, 5.74) is 0.481. The standard InChI is InChI=1S/C15H24BNO3S/c1-15(2)7-8-17(10-12-21-15)9-11-20-14-5-3-13(4-6-14)16(18)19/h3-6,18-19H,7-12H2,1-2H3. The molecule has 0 atom stereocenters. The molecule has 1 aliphatic heterocycles. The van der Waals surface area contributed by atoms with Crippen molar-refractivity contribution in [3.8, 4) is 5.75 Å². The van der Waals surface area contributed by atoms with E-state index in [1.165, 1.54) is 12.2 Å². The lowest BCUT2D eigenvalue weighted by Gasteiger charge is -2.22. The van der Waals surface area contributed by atoms with Gasteiger partial charge < -0.3 is 14.8 Å². The average Bonchev–Trinajstić information content (AvgIpc) is 2.61. The Balaban J connectivity index is 1.74. The van der Waals surface area contributed by atoms with Gasteiger partial charge in [-0.1, -0.05) is 26.0 Å². The number of thioether (sulfide) groups is 1. The van der Waals surface area contributed by atoms with Crippen LogP contribution in [0.4, 0.5) is 0 Å². The Labute approximate surface area is 131 Å². The number of hydrogen-bond acceptors (Lipinski definition) is 5. The molecule has 0 saturated carbocycles. The zero-order valence-electron chi connectivity index (χ0n) is 12.8. The van der Waals surface area contributed by atoms with E-state index in [4.69, 9.17) is 14.8 Å². The van der Waals surface area contributed by atoms with E-state index in [0.29, 0.717) is 16.8 Å². The molecule has 0 bridgehead atoms. The lowest BCUT2D eigenvalue weighted by Crippen LogP contribution is -2.31. The summed E-state index contributed by atoms with van der Waals surface area (Å²) in [5.74, 6) is 1.94. The maximum Gasteiger partial charge on any atom is 0.488 e. The van der Waals surface area contributed by atoms with Gasteiger partial charge in [-0.2, -0.15) is 11.8 Å². The quantitative estimate of drug-likeness (QED) is 0.794. The molecular weight excluding hydrogens is 285 g/mol. The van der Waals surface area contributed by atoms with E-state index < -0.39 is 7.12 Å². The maximum atomic E-state index is 9.04. The molecule has 2 N–H and O–H groups in total. The van der Waals surface area contributed by atoms with Gasteiger partial charge in [-0.05, 0) is 30.6 Å². The van der Waals surface area contributed by atoms with Crippen molar-refractivity contribution in [3.05, 3.63) is 24.3 Å². The average molecular weight is 309 g/mol. The summed E-state index contributed by atoms with van der Waals surface area (Å²) in [6.07, 6.45) is 1.21. The van der Waals surface area contributed by atoms with E-state index in [1.807, 2.05) is 11.8 Å². The molecule has 2 rings (SSSR count). The molecule has 0 unspecified atom stereocenters. The van der Waals surface area contributed by atoms with Crippen molar-refractivity contribution in [2.75, 3.05) is 32.0 Å². The minimum absolute atomic E-state index is 0.385. The predicted molar refractivity (Wildman–Crippen MR) is 89.4 cm³/mol. The summed E-state index contributed by atoms with van der Waals surface area (Å²) in [7, 11) is -1.42. The second-order valence-corrected chi connectivity index (χ2v) is 7.79. The summed E-state index contributed by atoms with van der Waals surface area (Å²) in [6.45, 7) is 8.46. The van der Waals surface area contributed by atoms with Crippen LogP contribution in [0.5, 0.6) is 5.75 Å². The molecule has 6 heteroatoms. The molecule has 0 aromatic heterocycles. The SMILES string of the molecule is CC1(C)CCN(CCOc2ccc(B(O)O)cc2)CCS1. The molecule has 0 amide bonds.